The van der Waals surface area contributed by atoms with Gasteiger partial charge in [0.15, 0.2) is 0 Å². The molecular formula is C49H54N12O4. The molecule has 0 bridgehead atoms. The van der Waals surface area contributed by atoms with E-state index in [1.807, 2.05) is 105 Å². The Balaban J connectivity index is 1.11. The van der Waals surface area contributed by atoms with Gasteiger partial charge in [-0.3, -0.25) is 19.2 Å². The van der Waals surface area contributed by atoms with Crippen LogP contribution in [0.2, 0.25) is 0 Å². The summed E-state index contributed by atoms with van der Waals surface area (Å²) >= 11 is 0. The average molecular weight is 875 g/mol. The Hall–Kier alpha value is -8.14. The molecule has 1 aliphatic heterocycles. The van der Waals surface area contributed by atoms with Gasteiger partial charge < -0.3 is 43.4 Å². The highest BCUT2D eigenvalue weighted by molar-refractivity contribution is 6.14. The third kappa shape index (κ3) is 13.0. The van der Waals surface area contributed by atoms with E-state index in [1.165, 1.54) is 0 Å². The summed E-state index contributed by atoms with van der Waals surface area (Å²) in [5.74, 6) is -1.62. The van der Waals surface area contributed by atoms with Crippen molar-refractivity contribution in [2.24, 2.45) is 49.3 Å². The molecule has 1 saturated heterocycles. The largest absolute Gasteiger partial charge is 0.369 e. The Morgan fingerprint density at radius 1 is 0.477 bits per heavy atom. The lowest BCUT2D eigenvalue weighted by atomic mass is 9.99. The molecule has 0 aromatic heterocycles. The summed E-state index contributed by atoms with van der Waals surface area (Å²) in [5, 5.41) is 22.1. The van der Waals surface area contributed by atoms with Crippen LogP contribution in [-0.4, -0.2) is 95.0 Å². The Labute approximate surface area is 378 Å². The molecule has 1 heterocycles. The fourth-order valence-corrected chi connectivity index (χ4v) is 7.34. The first kappa shape index (κ1) is 46.4. The molecule has 334 valence electrons. The summed E-state index contributed by atoms with van der Waals surface area (Å²) in [6.07, 6.45) is 0.667. The quantitative estimate of drug-likeness (QED) is 0.0484. The van der Waals surface area contributed by atoms with Gasteiger partial charge in [0.05, 0.1) is 0 Å². The minimum atomic E-state index is -0.893. The van der Waals surface area contributed by atoms with E-state index in [4.69, 9.17) is 22.9 Å². The molecule has 16 heteroatoms. The zero-order valence-corrected chi connectivity index (χ0v) is 36.4. The van der Waals surface area contributed by atoms with Gasteiger partial charge in [0.1, 0.15) is 23.5 Å². The van der Waals surface area contributed by atoms with Gasteiger partial charge in [-0.25, -0.2) is 0 Å². The smallest absolute Gasteiger partial charge is 0.251 e. The highest BCUT2D eigenvalue weighted by atomic mass is 16.2. The van der Waals surface area contributed by atoms with Crippen LogP contribution in [0.4, 0.5) is 0 Å². The number of nitrogens with zero attached hydrogens (tertiary/aromatic N) is 6. The van der Waals surface area contributed by atoms with Gasteiger partial charge in [0.25, 0.3) is 11.8 Å². The molecule has 0 radical (unpaired) electrons. The van der Waals surface area contributed by atoms with Crippen molar-refractivity contribution in [3.8, 4) is 0 Å². The van der Waals surface area contributed by atoms with Gasteiger partial charge in [-0.15, -0.1) is 20.4 Å². The zero-order valence-electron chi connectivity index (χ0n) is 36.4. The number of carbonyl (C=O) groups is 4. The number of benzene rings is 5. The van der Waals surface area contributed by atoms with Crippen LogP contribution in [-0.2, 0) is 16.0 Å². The van der Waals surface area contributed by atoms with E-state index in [-0.39, 0.29) is 62.3 Å². The van der Waals surface area contributed by atoms with Gasteiger partial charge in [-0.05, 0) is 42.2 Å². The van der Waals surface area contributed by atoms with E-state index in [0.717, 1.165) is 16.7 Å². The predicted molar refractivity (Wildman–Crippen MR) is 254 cm³/mol. The van der Waals surface area contributed by atoms with Crippen molar-refractivity contribution in [1.29, 1.82) is 0 Å². The van der Waals surface area contributed by atoms with Crippen molar-refractivity contribution in [1.82, 2.24) is 20.4 Å². The molecule has 16 nitrogen and oxygen atoms in total. The van der Waals surface area contributed by atoms with Crippen molar-refractivity contribution in [2.75, 3.05) is 26.2 Å². The van der Waals surface area contributed by atoms with Crippen LogP contribution in [0.5, 0.6) is 0 Å². The number of piperazine rings is 1. The first-order valence-corrected chi connectivity index (χ1v) is 21.2. The molecule has 65 heavy (non-hydrogen) atoms. The molecule has 0 unspecified atom stereocenters. The number of rotatable bonds is 16. The fraction of sp³-hybridized carbons (Fsp3) is 0.224. The molecule has 5 aromatic carbocycles. The van der Waals surface area contributed by atoms with Crippen LogP contribution < -0.4 is 33.6 Å². The first-order chi connectivity index (χ1) is 31.4. The number of guanidine groups is 2. The summed E-state index contributed by atoms with van der Waals surface area (Å²) < 4.78 is 0. The van der Waals surface area contributed by atoms with Gasteiger partial charge in [0, 0.05) is 66.0 Å². The monoisotopic (exact) mass is 874 g/mol. The van der Waals surface area contributed by atoms with Crippen LogP contribution in [0.1, 0.15) is 68.8 Å². The molecule has 1 fully saturated rings. The molecule has 0 aliphatic carbocycles. The second-order valence-electron chi connectivity index (χ2n) is 15.9. The molecule has 5 aromatic rings. The summed E-state index contributed by atoms with van der Waals surface area (Å²) in [6.45, 7) is 4.96. The van der Waals surface area contributed by atoms with Crippen molar-refractivity contribution in [2.45, 2.75) is 38.8 Å². The lowest BCUT2D eigenvalue weighted by Gasteiger charge is -2.38. The minimum absolute atomic E-state index is 0.0944. The topological polar surface area (TPSA) is 252 Å². The average Bonchev–Trinajstić information content (AvgIpc) is 3.32. The van der Waals surface area contributed by atoms with E-state index < -0.39 is 23.9 Å². The van der Waals surface area contributed by atoms with Crippen LogP contribution in [0.3, 0.4) is 0 Å². The number of nitrogens with two attached hydrogens (primary N) is 4. The first-order valence-electron chi connectivity index (χ1n) is 21.2. The summed E-state index contributed by atoms with van der Waals surface area (Å²) in [6, 6.07) is 40.1. The summed E-state index contributed by atoms with van der Waals surface area (Å²) in [4.78, 5) is 59.1. The van der Waals surface area contributed by atoms with Crippen LogP contribution in [0.15, 0.2) is 160 Å². The maximum absolute atomic E-state index is 14.2. The number of amides is 4. The number of hydrogen-bond acceptors (Lipinski definition) is 8. The molecular weight excluding hydrogens is 821 g/mol. The highest BCUT2D eigenvalue weighted by Gasteiger charge is 2.33. The standard InChI is InChI=1S/C49H54N12O4/c1-32(2)30-40(54-44(62)38-22-18-36(19-23-38)42(56-58-48(50)51)34-14-8-4-9-15-34)46(64)60-26-28-61(29-27-60)47(65)41(31-33-12-6-3-7-13-33)55-45(63)39-24-20-37(21-25-39)43(57-59-49(52)53)35-16-10-5-11-17-35/h3-25,32,40-41H,26-31H2,1-2H3,(H,54,62)(H,55,63)(H4,50,51,58)(H4,52,53,59)/t40-,41-/m0/s1. The SMILES string of the molecule is CC(C)C[C@H](NC(=O)c1ccc(C(=NN=C(N)N)c2ccccc2)cc1)C(=O)N1CCN(C(=O)[C@H](Cc2ccccc2)NC(=O)c2ccc(C(=NN=C(N)N)c3ccccc3)cc2)CC1. The number of nitrogens with one attached hydrogen (secondary N) is 2. The van der Waals surface area contributed by atoms with Crippen molar-refractivity contribution < 1.29 is 19.2 Å². The molecule has 10 N–H and O–H groups in total. The lowest BCUT2D eigenvalue weighted by molar-refractivity contribution is -0.141. The number of carbonyl (C=O) groups excluding carboxylic acids is 4. The van der Waals surface area contributed by atoms with Crippen molar-refractivity contribution >= 4 is 47.0 Å². The van der Waals surface area contributed by atoms with E-state index in [1.54, 1.807) is 58.3 Å². The minimum Gasteiger partial charge on any atom is -0.369 e. The van der Waals surface area contributed by atoms with Crippen molar-refractivity contribution in [3.05, 3.63) is 178 Å². The molecule has 0 spiro atoms. The van der Waals surface area contributed by atoms with Crippen molar-refractivity contribution in [3.63, 3.8) is 0 Å². The van der Waals surface area contributed by atoms with E-state index in [0.29, 0.717) is 40.1 Å². The van der Waals surface area contributed by atoms with Crippen LogP contribution in [0, 0.1) is 5.92 Å². The summed E-state index contributed by atoms with van der Waals surface area (Å²) in [7, 11) is 0. The molecule has 0 saturated carbocycles. The second kappa shape index (κ2) is 22.3. The third-order valence-electron chi connectivity index (χ3n) is 10.6. The van der Waals surface area contributed by atoms with E-state index in [2.05, 4.69) is 31.0 Å². The predicted octanol–water partition coefficient (Wildman–Crippen LogP) is 3.59. The van der Waals surface area contributed by atoms with Gasteiger partial charge in [0.2, 0.25) is 23.7 Å². The number of hydrogen-bond donors (Lipinski definition) is 6. The normalized spacial score (nSPS) is 13.9. The lowest BCUT2D eigenvalue weighted by Crippen LogP contribution is -2.59. The van der Waals surface area contributed by atoms with E-state index in [9.17, 15) is 19.2 Å². The maximum Gasteiger partial charge on any atom is 0.251 e. The Morgan fingerprint density at radius 2 is 0.815 bits per heavy atom. The van der Waals surface area contributed by atoms with E-state index >= 15 is 0 Å². The molecule has 1 aliphatic rings. The van der Waals surface area contributed by atoms with Crippen LogP contribution >= 0.6 is 0 Å². The molecule has 4 amide bonds. The fourth-order valence-electron chi connectivity index (χ4n) is 7.34. The van der Waals surface area contributed by atoms with Crippen LogP contribution in [0.25, 0.3) is 0 Å². The second-order valence-corrected chi connectivity index (χ2v) is 15.9. The zero-order chi connectivity index (χ0) is 46.3. The molecule has 6 rings (SSSR count). The Morgan fingerprint density at radius 3 is 1.20 bits per heavy atom. The molecule has 2 atom stereocenters. The third-order valence-corrected chi connectivity index (χ3v) is 10.6. The Kier molecular flexibility index (Phi) is 15.9. The van der Waals surface area contributed by atoms with Gasteiger partial charge in [-0.2, -0.15) is 0 Å². The van der Waals surface area contributed by atoms with Gasteiger partial charge in [-0.1, -0.05) is 129 Å². The highest BCUT2D eigenvalue weighted by Crippen LogP contribution is 2.18. The summed E-state index contributed by atoms with van der Waals surface area (Å²) in [5.41, 5.74) is 27.7. The maximum atomic E-state index is 14.2. The van der Waals surface area contributed by atoms with Gasteiger partial charge >= 0.3 is 0 Å². The Bertz CT molecular complexity index is 2530.